The second-order valence-electron chi connectivity index (χ2n) is 4.65. The molecule has 0 fully saturated rings. The highest BCUT2D eigenvalue weighted by atomic mass is 79.9. The molecule has 1 heterocycles. The molecule has 102 valence electrons. The minimum atomic E-state index is -0.473. The minimum Gasteiger partial charge on any atom is -0.387 e. The Balaban J connectivity index is 1.85. The zero-order valence-electron chi connectivity index (χ0n) is 11.1. The SMILES string of the molecule is Cc1cc(CNCC(O)c2cccc(Br)c2)sc1C. The number of aryl methyl sites for hydroxylation is 2. The molecule has 2 nitrogen and oxygen atoms in total. The van der Waals surface area contributed by atoms with Crippen LogP contribution in [-0.4, -0.2) is 11.7 Å². The maximum absolute atomic E-state index is 10.1. The number of halogens is 1. The number of benzene rings is 1. The predicted molar refractivity (Wildman–Crippen MR) is 84.6 cm³/mol. The van der Waals surface area contributed by atoms with Crippen molar-refractivity contribution in [3.63, 3.8) is 0 Å². The van der Waals surface area contributed by atoms with Gasteiger partial charge in [-0.25, -0.2) is 0 Å². The van der Waals surface area contributed by atoms with Gasteiger partial charge >= 0.3 is 0 Å². The van der Waals surface area contributed by atoms with Gasteiger partial charge in [-0.2, -0.15) is 0 Å². The van der Waals surface area contributed by atoms with E-state index in [4.69, 9.17) is 0 Å². The summed E-state index contributed by atoms with van der Waals surface area (Å²) in [5.41, 5.74) is 2.27. The summed E-state index contributed by atoms with van der Waals surface area (Å²) >= 11 is 5.23. The molecule has 0 amide bonds. The summed E-state index contributed by atoms with van der Waals surface area (Å²) in [4.78, 5) is 2.68. The first-order valence-electron chi connectivity index (χ1n) is 6.26. The van der Waals surface area contributed by atoms with E-state index >= 15 is 0 Å². The van der Waals surface area contributed by atoms with Crippen molar-refractivity contribution in [2.75, 3.05) is 6.54 Å². The summed E-state index contributed by atoms with van der Waals surface area (Å²) < 4.78 is 0.994. The number of aliphatic hydroxyl groups excluding tert-OH is 1. The highest BCUT2D eigenvalue weighted by Gasteiger charge is 2.08. The number of rotatable bonds is 5. The van der Waals surface area contributed by atoms with Crippen LogP contribution in [0, 0.1) is 13.8 Å². The van der Waals surface area contributed by atoms with E-state index in [1.54, 1.807) is 0 Å². The van der Waals surface area contributed by atoms with Crippen molar-refractivity contribution in [1.82, 2.24) is 5.32 Å². The van der Waals surface area contributed by atoms with Crippen molar-refractivity contribution < 1.29 is 5.11 Å². The van der Waals surface area contributed by atoms with Gasteiger partial charge in [0.1, 0.15) is 0 Å². The average molecular weight is 340 g/mol. The van der Waals surface area contributed by atoms with Crippen LogP contribution in [0.5, 0.6) is 0 Å². The van der Waals surface area contributed by atoms with Gasteiger partial charge in [0.15, 0.2) is 0 Å². The Morgan fingerprint density at radius 2 is 2.11 bits per heavy atom. The van der Waals surface area contributed by atoms with E-state index in [2.05, 4.69) is 41.2 Å². The van der Waals surface area contributed by atoms with Gasteiger partial charge in [-0.3, -0.25) is 0 Å². The number of thiophene rings is 1. The largest absolute Gasteiger partial charge is 0.387 e. The van der Waals surface area contributed by atoms with Crippen molar-refractivity contribution in [1.29, 1.82) is 0 Å². The lowest BCUT2D eigenvalue weighted by atomic mass is 10.1. The van der Waals surface area contributed by atoms with Crippen LogP contribution in [0.4, 0.5) is 0 Å². The predicted octanol–water partition coefficient (Wildman–Crippen LogP) is 3.95. The van der Waals surface area contributed by atoms with Crippen LogP contribution >= 0.6 is 27.3 Å². The number of aliphatic hydroxyl groups is 1. The van der Waals surface area contributed by atoms with E-state index in [-0.39, 0.29) is 0 Å². The molecule has 2 rings (SSSR count). The van der Waals surface area contributed by atoms with Gasteiger partial charge in [0.2, 0.25) is 0 Å². The van der Waals surface area contributed by atoms with Crippen molar-refractivity contribution >= 4 is 27.3 Å². The molecule has 0 bridgehead atoms. The summed E-state index contributed by atoms with van der Waals surface area (Å²) in [6.45, 7) is 5.64. The summed E-state index contributed by atoms with van der Waals surface area (Å²) in [6, 6.07) is 10.00. The summed E-state index contributed by atoms with van der Waals surface area (Å²) in [5, 5.41) is 13.4. The Kier molecular flexibility index (Phi) is 5.16. The van der Waals surface area contributed by atoms with Crippen LogP contribution < -0.4 is 5.32 Å². The lowest BCUT2D eigenvalue weighted by Gasteiger charge is -2.12. The zero-order chi connectivity index (χ0) is 13.8. The van der Waals surface area contributed by atoms with E-state index < -0.39 is 6.10 Å². The normalized spacial score (nSPS) is 12.6. The van der Waals surface area contributed by atoms with E-state index in [0.29, 0.717) is 6.54 Å². The van der Waals surface area contributed by atoms with Crippen molar-refractivity contribution in [3.05, 3.63) is 55.7 Å². The molecule has 1 unspecified atom stereocenters. The van der Waals surface area contributed by atoms with Gasteiger partial charge in [0.05, 0.1) is 6.10 Å². The molecule has 0 spiro atoms. The number of nitrogens with one attached hydrogen (secondary N) is 1. The van der Waals surface area contributed by atoms with Crippen LogP contribution in [0.15, 0.2) is 34.8 Å². The molecule has 0 aliphatic rings. The molecule has 0 radical (unpaired) electrons. The Labute approximate surface area is 126 Å². The second kappa shape index (κ2) is 6.66. The first-order valence-corrected chi connectivity index (χ1v) is 7.87. The van der Waals surface area contributed by atoms with Crippen LogP contribution in [0.3, 0.4) is 0 Å². The smallest absolute Gasteiger partial charge is 0.0914 e. The molecular formula is C15H18BrNOS. The summed E-state index contributed by atoms with van der Waals surface area (Å²) in [6.07, 6.45) is -0.473. The molecule has 1 aromatic heterocycles. The van der Waals surface area contributed by atoms with Crippen molar-refractivity contribution in [3.8, 4) is 0 Å². The minimum absolute atomic E-state index is 0.473. The second-order valence-corrected chi connectivity index (χ2v) is 6.91. The van der Waals surface area contributed by atoms with Gasteiger partial charge in [0.25, 0.3) is 0 Å². The molecule has 0 saturated carbocycles. The van der Waals surface area contributed by atoms with Gasteiger partial charge in [-0.15, -0.1) is 11.3 Å². The van der Waals surface area contributed by atoms with Crippen LogP contribution in [0.2, 0.25) is 0 Å². The quantitative estimate of drug-likeness (QED) is 0.864. The topological polar surface area (TPSA) is 32.3 Å². The van der Waals surface area contributed by atoms with E-state index in [1.165, 1.54) is 15.3 Å². The molecule has 2 N–H and O–H groups in total. The molecule has 2 aromatic rings. The molecule has 1 atom stereocenters. The van der Waals surface area contributed by atoms with Gasteiger partial charge in [-0.05, 0) is 43.2 Å². The fraction of sp³-hybridized carbons (Fsp3) is 0.333. The highest BCUT2D eigenvalue weighted by Crippen LogP contribution is 2.21. The molecule has 1 aromatic carbocycles. The molecule has 0 aliphatic carbocycles. The van der Waals surface area contributed by atoms with Crippen LogP contribution in [-0.2, 0) is 6.54 Å². The van der Waals surface area contributed by atoms with Crippen LogP contribution in [0.1, 0.15) is 27.0 Å². The number of hydrogen-bond donors (Lipinski definition) is 2. The molecular weight excluding hydrogens is 322 g/mol. The van der Waals surface area contributed by atoms with E-state index in [0.717, 1.165) is 16.6 Å². The van der Waals surface area contributed by atoms with E-state index in [1.807, 2.05) is 35.6 Å². The average Bonchev–Trinajstić information content (AvgIpc) is 2.68. The zero-order valence-corrected chi connectivity index (χ0v) is 13.5. The van der Waals surface area contributed by atoms with Gasteiger partial charge < -0.3 is 10.4 Å². The summed E-state index contributed by atoms with van der Waals surface area (Å²) in [7, 11) is 0. The maximum atomic E-state index is 10.1. The Morgan fingerprint density at radius 1 is 1.32 bits per heavy atom. The third-order valence-corrected chi connectivity index (χ3v) is 4.73. The maximum Gasteiger partial charge on any atom is 0.0914 e. The van der Waals surface area contributed by atoms with Gasteiger partial charge in [-0.1, -0.05) is 28.1 Å². The monoisotopic (exact) mass is 339 g/mol. The lowest BCUT2D eigenvalue weighted by molar-refractivity contribution is 0.174. The van der Waals surface area contributed by atoms with Gasteiger partial charge in [0, 0.05) is 27.3 Å². The Morgan fingerprint density at radius 3 is 2.74 bits per heavy atom. The third-order valence-electron chi connectivity index (χ3n) is 3.09. The molecule has 0 saturated heterocycles. The molecule has 19 heavy (non-hydrogen) atoms. The van der Waals surface area contributed by atoms with E-state index in [9.17, 15) is 5.11 Å². The van der Waals surface area contributed by atoms with Crippen LogP contribution in [0.25, 0.3) is 0 Å². The lowest BCUT2D eigenvalue weighted by Crippen LogP contribution is -2.20. The highest BCUT2D eigenvalue weighted by molar-refractivity contribution is 9.10. The summed E-state index contributed by atoms with van der Waals surface area (Å²) in [5.74, 6) is 0. The standard InChI is InChI=1S/C15H18BrNOS/c1-10-6-14(19-11(10)2)8-17-9-15(18)12-4-3-5-13(16)7-12/h3-7,15,17-18H,8-9H2,1-2H3. The number of hydrogen-bond acceptors (Lipinski definition) is 3. The molecule has 4 heteroatoms. The molecule has 0 aliphatic heterocycles. The van der Waals surface area contributed by atoms with Crippen molar-refractivity contribution in [2.24, 2.45) is 0 Å². The third kappa shape index (κ3) is 4.14. The van der Waals surface area contributed by atoms with Crippen molar-refractivity contribution in [2.45, 2.75) is 26.5 Å². The first-order chi connectivity index (χ1) is 9.06. The fourth-order valence-electron chi connectivity index (χ4n) is 1.90. The first kappa shape index (κ1) is 14.7. The Hall–Kier alpha value is -0.680. The fourth-order valence-corrected chi connectivity index (χ4v) is 3.34. The Bertz CT molecular complexity index is 533.